The Hall–Kier alpha value is -0.300. The Morgan fingerprint density at radius 2 is 2.00 bits per heavy atom. The largest absolute Gasteiger partial charge is 0.306 e. The minimum absolute atomic E-state index is 0.314. The molecule has 2 unspecified atom stereocenters. The van der Waals surface area contributed by atoms with Crippen LogP contribution in [0.25, 0.3) is 0 Å². The van der Waals surface area contributed by atoms with Crippen LogP contribution in [0.1, 0.15) is 60.3 Å². The Kier molecular flexibility index (Phi) is 6.90. The molecular weight excluding hydrogens is 170 g/mol. The van der Waals surface area contributed by atoms with Crippen molar-refractivity contribution >= 4 is 0 Å². The summed E-state index contributed by atoms with van der Waals surface area (Å²) in [4.78, 5) is 0. The summed E-state index contributed by atoms with van der Waals surface area (Å²) < 4.78 is 0. The van der Waals surface area contributed by atoms with Crippen molar-refractivity contribution in [1.82, 2.24) is 5.32 Å². The lowest BCUT2D eigenvalue weighted by molar-refractivity contribution is 0.297. The molecule has 0 aromatic heterocycles. The second-order valence-corrected chi connectivity index (χ2v) is 4.48. The lowest BCUT2D eigenvalue weighted by atomic mass is 9.91. The van der Waals surface area contributed by atoms with Gasteiger partial charge in [0.1, 0.15) is 0 Å². The van der Waals surface area contributed by atoms with Gasteiger partial charge < -0.3 is 5.32 Å². The van der Waals surface area contributed by atoms with Gasteiger partial charge in [-0.1, -0.05) is 38.8 Å². The number of unbranched alkanes of at least 4 members (excludes halogenated alkanes) is 1. The van der Waals surface area contributed by atoms with Gasteiger partial charge in [0.25, 0.3) is 0 Å². The number of allylic oxidation sites excluding steroid dienone is 1. The van der Waals surface area contributed by atoms with Crippen LogP contribution in [0.4, 0.5) is 0 Å². The van der Waals surface area contributed by atoms with Gasteiger partial charge in [0.2, 0.25) is 0 Å². The summed E-state index contributed by atoms with van der Waals surface area (Å²) in [5.41, 5.74) is 0.314. The van der Waals surface area contributed by atoms with Crippen LogP contribution in [0.2, 0.25) is 0 Å². The summed E-state index contributed by atoms with van der Waals surface area (Å²) in [5, 5.41) is 3.69. The maximum absolute atomic E-state index is 3.69. The van der Waals surface area contributed by atoms with Crippen molar-refractivity contribution in [2.75, 3.05) is 0 Å². The molecule has 0 amide bonds. The monoisotopic (exact) mass is 197 g/mol. The molecule has 0 aliphatic rings. The van der Waals surface area contributed by atoms with Crippen molar-refractivity contribution in [2.24, 2.45) is 0 Å². The lowest BCUT2D eigenvalue weighted by Crippen LogP contribution is -2.45. The van der Waals surface area contributed by atoms with E-state index in [1.807, 2.05) is 0 Å². The summed E-state index contributed by atoms with van der Waals surface area (Å²) in [6, 6.07) is 0.488. The highest BCUT2D eigenvalue weighted by Gasteiger charge is 2.21. The fourth-order valence-corrected chi connectivity index (χ4v) is 1.80. The van der Waals surface area contributed by atoms with Gasteiger partial charge in [-0.2, -0.15) is 0 Å². The molecule has 0 radical (unpaired) electrons. The lowest BCUT2D eigenvalue weighted by Gasteiger charge is -2.32. The van der Waals surface area contributed by atoms with Crippen molar-refractivity contribution in [3.8, 4) is 0 Å². The molecule has 0 aliphatic carbocycles. The molecule has 0 fully saturated rings. The highest BCUT2D eigenvalue weighted by Crippen LogP contribution is 2.18. The van der Waals surface area contributed by atoms with Gasteiger partial charge in [0.05, 0.1) is 0 Å². The maximum atomic E-state index is 3.69. The van der Waals surface area contributed by atoms with E-state index < -0.39 is 0 Å². The predicted molar refractivity (Wildman–Crippen MR) is 65.6 cm³/mol. The zero-order chi connectivity index (χ0) is 11.0. The first-order valence-corrected chi connectivity index (χ1v) is 5.98. The number of hydrogen-bond acceptors (Lipinski definition) is 1. The third-order valence-corrected chi connectivity index (χ3v) is 2.92. The molecule has 0 aromatic rings. The van der Waals surface area contributed by atoms with Crippen molar-refractivity contribution in [1.29, 1.82) is 0 Å². The minimum Gasteiger partial charge on any atom is -0.306 e. The molecule has 0 aromatic carbocycles. The molecule has 14 heavy (non-hydrogen) atoms. The zero-order valence-electron chi connectivity index (χ0n) is 10.6. The van der Waals surface area contributed by atoms with Gasteiger partial charge in [-0.25, -0.2) is 0 Å². The van der Waals surface area contributed by atoms with Crippen LogP contribution >= 0.6 is 0 Å². The Balaban J connectivity index is 4.09. The van der Waals surface area contributed by atoms with E-state index in [1.54, 1.807) is 0 Å². The van der Waals surface area contributed by atoms with Crippen LogP contribution in [0, 0.1) is 0 Å². The number of rotatable bonds is 7. The van der Waals surface area contributed by atoms with Gasteiger partial charge in [-0.05, 0) is 33.6 Å². The normalized spacial score (nSPS) is 18.4. The third kappa shape index (κ3) is 5.43. The summed E-state index contributed by atoms with van der Waals surface area (Å²) in [6.45, 7) is 11.2. The number of hydrogen-bond donors (Lipinski definition) is 1. The third-order valence-electron chi connectivity index (χ3n) is 2.92. The van der Waals surface area contributed by atoms with Gasteiger partial charge in [-0.15, -0.1) is 0 Å². The van der Waals surface area contributed by atoms with Crippen LogP contribution in [0.3, 0.4) is 0 Å². The molecule has 0 saturated heterocycles. The molecule has 2 atom stereocenters. The molecule has 0 spiro atoms. The van der Waals surface area contributed by atoms with E-state index in [0.717, 1.165) is 0 Å². The Bertz CT molecular complexity index is 163. The molecule has 0 saturated carbocycles. The topological polar surface area (TPSA) is 12.0 Å². The first kappa shape index (κ1) is 13.7. The molecule has 84 valence electrons. The second kappa shape index (κ2) is 7.05. The van der Waals surface area contributed by atoms with Crippen molar-refractivity contribution in [2.45, 2.75) is 71.9 Å². The molecule has 0 aliphatic heterocycles. The van der Waals surface area contributed by atoms with Gasteiger partial charge in [-0.3, -0.25) is 0 Å². The maximum Gasteiger partial charge on any atom is 0.0226 e. The smallest absolute Gasteiger partial charge is 0.0226 e. The fraction of sp³-hybridized carbons (Fsp3) is 0.846. The van der Waals surface area contributed by atoms with E-state index in [0.29, 0.717) is 11.6 Å². The van der Waals surface area contributed by atoms with Gasteiger partial charge in [0.15, 0.2) is 0 Å². The highest BCUT2D eigenvalue weighted by atomic mass is 15.0. The fourth-order valence-electron chi connectivity index (χ4n) is 1.80. The van der Waals surface area contributed by atoms with Crippen molar-refractivity contribution in [3.05, 3.63) is 12.2 Å². The van der Waals surface area contributed by atoms with Gasteiger partial charge >= 0.3 is 0 Å². The molecule has 0 rings (SSSR count). The quantitative estimate of drug-likeness (QED) is 0.610. The Morgan fingerprint density at radius 1 is 1.36 bits per heavy atom. The van der Waals surface area contributed by atoms with E-state index in [-0.39, 0.29) is 0 Å². The molecule has 1 N–H and O–H groups in total. The average Bonchev–Trinajstić information content (AvgIpc) is 2.15. The highest BCUT2D eigenvalue weighted by molar-refractivity contribution is 4.93. The molecular formula is C13H27N. The van der Waals surface area contributed by atoms with Crippen molar-refractivity contribution in [3.63, 3.8) is 0 Å². The van der Waals surface area contributed by atoms with E-state index in [4.69, 9.17) is 0 Å². The van der Waals surface area contributed by atoms with Crippen molar-refractivity contribution < 1.29 is 0 Å². The van der Waals surface area contributed by atoms with E-state index >= 15 is 0 Å². The number of nitrogens with one attached hydrogen (secondary N) is 1. The van der Waals surface area contributed by atoms with E-state index in [9.17, 15) is 0 Å². The van der Waals surface area contributed by atoms with E-state index in [1.165, 1.54) is 25.7 Å². The molecule has 0 bridgehead atoms. The summed E-state index contributed by atoms with van der Waals surface area (Å²) >= 11 is 0. The van der Waals surface area contributed by atoms with Crippen LogP contribution in [-0.2, 0) is 0 Å². The first-order valence-electron chi connectivity index (χ1n) is 5.98. The summed E-state index contributed by atoms with van der Waals surface area (Å²) in [6.07, 6.45) is 9.43. The Morgan fingerprint density at radius 3 is 2.43 bits per heavy atom. The Labute approximate surface area is 90.0 Å². The van der Waals surface area contributed by atoms with Gasteiger partial charge in [0, 0.05) is 11.6 Å². The van der Waals surface area contributed by atoms with E-state index in [2.05, 4.69) is 52.1 Å². The second-order valence-electron chi connectivity index (χ2n) is 4.48. The molecule has 0 heterocycles. The predicted octanol–water partition coefficient (Wildman–Crippen LogP) is 3.90. The average molecular weight is 197 g/mol. The molecule has 1 nitrogen and oxygen atoms in total. The first-order chi connectivity index (χ1) is 6.58. The summed E-state index contributed by atoms with van der Waals surface area (Å²) in [5.74, 6) is 0. The SMILES string of the molecule is C/C=C\C(C)NC(C)(CC)CCCC. The van der Waals surface area contributed by atoms with Crippen LogP contribution in [0.15, 0.2) is 12.2 Å². The standard InChI is InChI=1S/C13H27N/c1-6-9-11-13(5,8-3)14-12(4)10-7-2/h7,10,12,14H,6,8-9,11H2,1-5H3/b10-7-. The summed E-state index contributed by atoms with van der Waals surface area (Å²) in [7, 11) is 0. The zero-order valence-corrected chi connectivity index (χ0v) is 10.6. The minimum atomic E-state index is 0.314. The van der Waals surface area contributed by atoms with Crippen LogP contribution in [-0.4, -0.2) is 11.6 Å². The van der Waals surface area contributed by atoms with Crippen LogP contribution < -0.4 is 5.32 Å². The molecule has 1 heteroatoms. The van der Waals surface area contributed by atoms with Crippen LogP contribution in [0.5, 0.6) is 0 Å².